The van der Waals surface area contributed by atoms with Gasteiger partial charge in [0.1, 0.15) is 0 Å². The van der Waals surface area contributed by atoms with Crippen LogP contribution < -0.4 is 4.72 Å². The second-order valence-electron chi connectivity index (χ2n) is 4.34. The summed E-state index contributed by atoms with van der Waals surface area (Å²) >= 11 is 0. The maximum atomic E-state index is 13.1. The highest BCUT2D eigenvalue weighted by Crippen LogP contribution is 2.18. The van der Waals surface area contributed by atoms with Crippen LogP contribution in [0.3, 0.4) is 0 Å². The summed E-state index contributed by atoms with van der Waals surface area (Å²) in [6.45, 7) is -0.465. The number of aliphatic hydroxyl groups is 1. The second kappa shape index (κ2) is 6.30. The number of sulfonamides is 1. The van der Waals surface area contributed by atoms with Crippen molar-refractivity contribution in [3.05, 3.63) is 65.7 Å². The second-order valence-corrected chi connectivity index (χ2v) is 6.06. The minimum Gasteiger partial charge on any atom is -0.394 e. The zero-order chi connectivity index (χ0) is 15.5. The summed E-state index contributed by atoms with van der Waals surface area (Å²) in [6, 6.07) is 9.86. The van der Waals surface area contributed by atoms with Crippen molar-refractivity contribution in [2.24, 2.45) is 0 Å². The minimum absolute atomic E-state index is 0.407. The first-order valence-corrected chi connectivity index (χ1v) is 7.55. The van der Waals surface area contributed by atoms with Gasteiger partial charge in [0, 0.05) is 0 Å². The molecule has 4 nitrogen and oxygen atoms in total. The highest BCUT2D eigenvalue weighted by Gasteiger charge is 2.22. The van der Waals surface area contributed by atoms with Crippen molar-refractivity contribution in [2.45, 2.75) is 10.9 Å². The molecule has 0 radical (unpaired) electrons. The fourth-order valence-corrected chi connectivity index (χ4v) is 3.02. The summed E-state index contributed by atoms with van der Waals surface area (Å²) in [6.07, 6.45) is 0. The zero-order valence-corrected chi connectivity index (χ0v) is 11.6. The van der Waals surface area contributed by atoms with Crippen LogP contribution in [0.4, 0.5) is 8.78 Å². The largest absolute Gasteiger partial charge is 0.394 e. The molecule has 2 N–H and O–H groups in total. The molecule has 21 heavy (non-hydrogen) atoms. The third-order valence-corrected chi connectivity index (χ3v) is 4.35. The lowest BCUT2D eigenvalue weighted by Gasteiger charge is -2.17. The van der Waals surface area contributed by atoms with Crippen LogP contribution in [0.2, 0.25) is 0 Å². The highest BCUT2D eigenvalue weighted by atomic mass is 32.2. The molecule has 112 valence electrons. The average Bonchev–Trinajstić information content (AvgIpc) is 2.48. The third kappa shape index (κ3) is 3.63. The van der Waals surface area contributed by atoms with Crippen molar-refractivity contribution in [1.82, 2.24) is 4.72 Å². The molecule has 0 aliphatic rings. The molecule has 0 aliphatic heterocycles. The maximum absolute atomic E-state index is 13.1. The van der Waals surface area contributed by atoms with Crippen LogP contribution in [-0.2, 0) is 10.0 Å². The van der Waals surface area contributed by atoms with Gasteiger partial charge in [-0.15, -0.1) is 0 Å². The van der Waals surface area contributed by atoms with Gasteiger partial charge in [0.15, 0.2) is 11.6 Å². The summed E-state index contributed by atoms with van der Waals surface area (Å²) in [5, 5.41) is 9.33. The predicted octanol–water partition coefficient (Wildman–Crippen LogP) is 1.98. The van der Waals surface area contributed by atoms with Crippen molar-refractivity contribution < 1.29 is 22.3 Å². The van der Waals surface area contributed by atoms with E-state index in [9.17, 15) is 22.3 Å². The Hall–Kier alpha value is -1.83. The summed E-state index contributed by atoms with van der Waals surface area (Å²) in [5.74, 6) is -2.38. The quantitative estimate of drug-likeness (QED) is 0.887. The molecule has 0 bridgehead atoms. The van der Waals surface area contributed by atoms with E-state index in [1.54, 1.807) is 30.3 Å². The van der Waals surface area contributed by atoms with Gasteiger partial charge < -0.3 is 5.11 Å². The molecule has 0 aromatic heterocycles. The van der Waals surface area contributed by atoms with Crippen LogP contribution >= 0.6 is 0 Å². The normalized spacial score (nSPS) is 13.1. The van der Waals surface area contributed by atoms with Crippen molar-refractivity contribution >= 4 is 10.0 Å². The van der Waals surface area contributed by atoms with E-state index in [0.29, 0.717) is 11.6 Å². The molecule has 1 atom stereocenters. The molecular weight excluding hydrogens is 300 g/mol. The molecule has 0 heterocycles. The Labute approximate surface area is 121 Å². The van der Waals surface area contributed by atoms with E-state index in [1.165, 1.54) is 0 Å². The monoisotopic (exact) mass is 313 g/mol. The predicted molar refractivity (Wildman–Crippen MR) is 72.9 cm³/mol. The van der Waals surface area contributed by atoms with E-state index in [1.807, 2.05) is 0 Å². The van der Waals surface area contributed by atoms with Gasteiger partial charge in [-0.1, -0.05) is 30.3 Å². The standard InChI is InChI=1S/C14H13F2NO3S/c15-12-7-6-11(8-13(12)16)21(19,20)17-14(9-18)10-4-2-1-3-5-10/h1-8,14,17-18H,9H2. The Morgan fingerprint density at radius 3 is 2.29 bits per heavy atom. The molecule has 2 rings (SSSR count). The fraction of sp³-hybridized carbons (Fsp3) is 0.143. The molecular formula is C14H13F2NO3S. The average molecular weight is 313 g/mol. The lowest BCUT2D eigenvalue weighted by molar-refractivity contribution is 0.259. The molecule has 0 saturated heterocycles. The topological polar surface area (TPSA) is 66.4 Å². The Kier molecular flexibility index (Phi) is 4.66. The maximum Gasteiger partial charge on any atom is 0.241 e. The summed E-state index contributed by atoms with van der Waals surface area (Å²) in [4.78, 5) is -0.407. The van der Waals surface area contributed by atoms with Gasteiger partial charge in [-0.3, -0.25) is 0 Å². The van der Waals surface area contributed by atoms with Crippen molar-refractivity contribution in [3.8, 4) is 0 Å². The number of rotatable bonds is 5. The minimum atomic E-state index is -4.08. The Morgan fingerprint density at radius 1 is 1.05 bits per heavy atom. The van der Waals surface area contributed by atoms with Gasteiger partial charge in [0.05, 0.1) is 17.5 Å². The summed E-state index contributed by atoms with van der Waals surface area (Å²) in [5.41, 5.74) is 0.561. The summed E-state index contributed by atoms with van der Waals surface area (Å²) in [7, 11) is -4.08. The molecule has 0 saturated carbocycles. The van der Waals surface area contributed by atoms with Crippen molar-refractivity contribution in [3.63, 3.8) is 0 Å². The van der Waals surface area contributed by atoms with Crippen LogP contribution in [-0.4, -0.2) is 20.1 Å². The fourth-order valence-electron chi connectivity index (χ4n) is 1.80. The zero-order valence-electron chi connectivity index (χ0n) is 10.8. The lowest BCUT2D eigenvalue weighted by Crippen LogP contribution is -2.31. The number of halogens is 2. The van der Waals surface area contributed by atoms with Gasteiger partial charge >= 0.3 is 0 Å². The highest BCUT2D eigenvalue weighted by molar-refractivity contribution is 7.89. The van der Waals surface area contributed by atoms with E-state index in [-0.39, 0.29) is 0 Å². The first-order chi connectivity index (χ1) is 9.94. The van der Waals surface area contributed by atoms with Gasteiger partial charge in [-0.25, -0.2) is 21.9 Å². The Bertz CT molecular complexity index is 720. The van der Waals surface area contributed by atoms with E-state index in [2.05, 4.69) is 4.72 Å². The molecule has 0 aliphatic carbocycles. The van der Waals surface area contributed by atoms with Crippen LogP contribution in [0.25, 0.3) is 0 Å². The summed E-state index contributed by atoms with van der Waals surface area (Å²) < 4.78 is 52.5. The van der Waals surface area contributed by atoms with E-state index in [0.717, 1.165) is 12.1 Å². The van der Waals surface area contributed by atoms with Crippen LogP contribution in [0.1, 0.15) is 11.6 Å². The number of benzene rings is 2. The van der Waals surface area contributed by atoms with Gasteiger partial charge in [-0.05, 0) is 23.8 Å². The molecule has 1 unspecified atom stereocenters. The van der Waals surface area contributed by atoms with Gasteiger partial charge in [0.2, 0.25) is 10.0 Å². The first kappa shape index (κ1) is 15.6. The molecule has 7 heteroatoms. The van der Waals surface area contributed by atoms with E-state index >= 15 is 0 Å². The van der Waals surface area contributed by atoms with Crippen LogP contribution in [0, 0.1) is 11.6 Å². The Balaban J connectivity index is 2.29. The molecule has 2 aromatic rings. The number of aliphatic hydroxyl groups excluding tert-OH is 1. The van der Waals surface area contributed by atoms with E-state index < -0.39 is 39.2 Å². The molecule has 0 spiro atoms. The lowest BCUT2D eigenvalue weighted by atomic mass is 10.1. The first-order valence-electron chi connectivity index (χ1n) is 6.07. The third-order valence-electron chi connectivity index (χ3n) is 2.88. The molecule has 0 fully saturated rings. The number of hydrogen-bond donors (Lipinski definition) is 2. The Morgan fingerprint density at radius 2 is 1.71 bits per heavy atom. The number of nitrogens with one attached hydrogen (secondary N) is 1. The van der Waals surface area contributed by atoms with Crippen LogP contribution in [0.15, 0.2) is 53.4 Å². The van der Waals surface area contributed by atoms with Gasteiger partial charge in [-0.2, -0.15) is 0 Å². The van der Waals surface area contributed by atoms with Crippen LogP contribution in [0.5, 0.6) is 0 Å². The molecule has 0 amide bonds. The van der Waals surface area contributed by atoms with E-state index in [4.69, 9.17) is 0 Å². The number of hydrogen-bond acceptors (Lipinski definition) is 3. The SMILES string of the molecule is O=S(=O)(NC(CO)c1ccccc1)c1ccc(F)c(F)c1. The van der Waals surface area contributed by atoms with Gasteiger partial charge in [0.25, 0.3) is 0 Å². The molecule has 2 aromatic carbocycles. The van der Waals surface area contributed by atoms with Crippen molar-refractivity contribution in [2.75, 3.05) is 6.61 Å². The smallest absolute Gasteiger partial charge is 0.241 e. The van der Waals surface area contributed by atoms with Crippen molar-refractivity contribution in [1.29, 1.82) is 0 Å².